The number of primary amides is 1. The lowest BCUT2D eigenvalue weighted by Gasteiger charge is -2.32. The second kappa shape index (κ2) is 6.33. The van der Waals surface area contributed by atoms with E-state index in [1.807, 2.05) is 24.3 Å². The van der Waals surface area contributed by atoms with Gasteiger partial charge in [0.1, 0.15) is 6.04 Å². The number of hydrogen-bond acceptors (Lipinski definition) is 5. The maximum atomic E-state index is 12.7. The summed E-state index contributed by atoms with van der Waals surface area (Å²) in [6.07, 6.45) is 2.36. The zero-order valence-electron chi connectivity index (χ0n) is 13.5. The number of benzene rings is 1. The summed E-state index contributed by atoms with van der Waals surface area (Å²) < 4.78 is 6.81. The number of nitrogens with zero attached hydrogens (tertiary/aromatic N) is 2. The Labute approximate surface area is 148 Å². The average molecular weight is 355 g/mol. The van der Waals surface area contributed by atoms with Gasteiger partial charge in [0.05, 0.1) is 10.2 Å². The molecular weight excluding hydrogens is 338 g/mol. The van der Waals surface area contributed by atoms with Crippen molar-refractivity contribution in [3.8, 4) is 10.8 Å². The molecule has 3 aromatic rings. The molecule has 4 rings (SSSR count). The van der Waals surface area contributed by atoms with Gasteiger partial charge in [-0.2, -0.15) is 0 Å². The SMILES string of the molecule is NC(=O)C1CCCCN1C(=O)c1ccc(-c2nc3ccccc3s2)o1. The van der Waals surface area contributed by atoms with Crippen LogP contribution in [-0.4, -0.2) is 34.3 Å². The number of amides is 2. The number of carbonyl (C=O) groups excluding carboxylic acids is 2. The minimum atomic E-state index is -0.558. The van der Waals surface area contributed by atoms with Crippen molar-refractivity contribution in [2.45, 2.75) is 25.3 Å². The lowest BCUT2D eigenvalue weighted by molar-refractivity contribution is -0.123. The van der Waals surface area contributed by atoms with Crippen LogP contribution in [-0.2, 0) is 4.79 Å². The minimum absolute atomic E-state index is 0.211. The maximum absolute atomic E-state index is 12.7. The number of rotatable bonds is 3. The van der Waals surface area contributed by atoms with E-state index in [4.69, 9.17) is 10.2 Å². The van der Waals surface area contributed by atoms with Gasteiger partial charge in [-0.05, 0) is 43.5 Å². The molecule has 2 N–H and O–H groups in total. The van der Waals surface area contributed by atoms with E-state index < -0.39 is 11.9 Å². The van der Waals surface area contributed by atoms with Crippen molar-refractivity contribution in [1.29, 1.82) is 0 Å². The smallest absolute Gasteiger partial charge is 0.290 e. The number of likely N-dealkylation sites (tertiary alicyclic amines) is 1. The van der Waals surface area contributed by atoms with E-state index in [0.717, 1.165) is 28.1 Å². The van der Waals surface area contributed by atoms with Gasteiger partial charge in [-0.1, -0.05) is 12.1 Å². The Morgan fingerprint density at radius 3 is 2.84 bits per heavy atom. The number of para-hydroxylation sites is 1. The number of aromatic nitrogens is 1. The Hall–Kier alpha value is -2.67. The van der Waals surface area contributed by atoms with E-state index in [2.05, 4.69) is 4.98 Å². The number of nitrogens with two attached hydrogens (primary N) is 1. The van der Waals surface area contributed by atoms with Gasteiger partial charge in [-0.3, -0.25) is 9.59 Å². The Bertz CT molecular complexity index is 913. The second-order valence-corrected chi connectivity index (χ2v) is 7.09. The molecule has 1 unspecified atom stereocenters. The van der Waals surface area contributed by atoms with E-state index >= 15 is 0 Å². The molecule has 1 aliphatic rings. The summed E-state index contributed by atoms with van der Waals surface area (Å²) >= 11 is 1.51. The third-order valence-corrected chi connectivity index (χ3v) is 5.46. The number of piperidine rings is 1. The van der Waals surface area contributed by atoms with E-state index in [9.17, 15) is 9.59 Å². The molecule has 1 aliphatic heterocycles. The van der Waals surface area contributed by atoms with Crippen LogP contribution >= 0.6 is 11.3 Å². The van der Waals surface area contributed by atoms with Crippen LogP contribution in [0.15, 0.2) is 40.8 Å². The first-order valence-corrected chi connectivity index (χ1v) is 9.01. The molecule has 0 radical (unpaired) electrons. The van der Waals surface area contributed by atoms with Crippen LogP contribution in [0.5, 0.6) is 0 Å². The fourth-order valence-corrected chi connectivity index (χ4v) is 4.08. The molecule has 0 saturated carbocycles. The van der Waals surface area contributed by atoms with Gasteiger partial charge in [0.25, 0.3) is 5.91 Å². The number of fused-ring (bicyclic) bond motifs is 1. The van der Waals surface area contributed by atoms with Crippen LogP contribution < -0.4 is 5.73 Å². The lowest BCUT2D eigenvalue weighted by atomic mass is 10.0. The summed E-state index contributed by atoms with van der Waals surface area (Å²) in [5.74, 6) is 0.00135. The molecule has 1 saturated heterocycles. The lowest BCUT2D eigenvalue weighted by Crippen LogP contribution is -2.50. The van der Waals surface area contributed by atoms with Gasteiger partial charge in [0.2, 0.25) is 5.91 Å². The van der Waals surface area contributed by atoms with E-state index in [1.165, 1.54) is 16.2 Å². The predicted octanol–water partition coefficient (Wildman–Crippen LogP) is 3.04. The first-order chi connectivity index (χ1) is 12.1. The Balaban J connectivity index is 1.61. The summed E-state index contributed by atoms with van der Waals surface area (Å²) in [6.45, 7) is 0.517. The molecule has 25 heavy (non-hydrogen) atoms. The predicted molar refractivity (Wildman–Crippen MR) is 95.2 cm³/mol. The molecule has 128 valence electrons. The molecule has 2 amide bonds. The van der Waals surface area contributed by atoms with E-state index in [-0.39, 0.29) is 11.7 Å². The van der Waals surface area contributed by atoms with E-state index in [0.29, 0.717) is 18.7 Å². The van der Waals surface area contributed by atoms with Gasteiger partial charge < -0.3 is 15.1 Å². The van der Waals surface area contributed by atoms with Crippen LogP contribution in [0.25, 0.3) is 21.0 Å². The molecule has 1 aromatic carbocycles. The Morgan fingerprint density at radius 2 is 2.04 bits per heavy atom. The highest BCUT2D eigenvalue weighted by Crippen LogP contribution is 2.31. The fraction of sp³-hybridized carbons (Fsp3) is 0.278. The van der Waals surface area contributed by atoms with Gasteiger partial charge in [-0.15, -0.1) is 11.3 Å². The summed E-state index contributed by atoms with van der Waals surface area (Å²) in [4.78, 5) is 30.4. The monoisotopic (exact) mass is 355 g/mol. The quantitative estimate of drug-likeness (QED) is 0.782. The molecule has 7 heteroatoms. The number of carbonyl (C=O) groups is 2. The number of furan rings is 1. The second-order valence-electron chi connectivity index (χ2n) is 6.06. The maximum Gasteiger partial charge on any atom is 0.290 e. The number of thiazole rings is 1. The molecule has 6 nitrogen and oxygen atoms in total. The standard InChI is InChI=1S/C18H17N3O3S/c19-16(22)12-6-3-4-10-21(12)18(23)14-9-8-13(24-14)17-20-11-5-1-2-7-15(11)25-17/h1-2,5,7-9,12H,3-4,6,10H2,(H2,19,22). The molecule has 0 aliphatic carbocycles. The van der Waals surface area contributed by atoms with Crippen molar-refractivity contribution in [2.24, 2.45) is 5.73 Å². The summed E-state index contributed by atoms with van der Waals surface area (Å²) in [5.41, 5.74) is 6.34. The Kier molecular flexibility index (Phi) is 4.01. The fourth-order valence-electron chi connectivity index (χ4n) is 3.16. The zero-order chi connectivity index (χ0) is 17.4. The van der Waals surface area contributed by atoms with Crippen molar-refractivity contribution in [1.82, 2.24) is 9.88 Å². The first kappa shape index (κ1) is 15.8. The van der Waals surface area contributed by atoms with Gasteiger partial charge in [0.15, 0.2) is 16.5 Å². The van der Waals surface area contributed by atoms with Crippen LogP contribution in [0.2, 0.25) is 0 Å². The average Bonchev–Trinajstić information content (AvgIpc) is 3.27. The molecule has 2 aromatic heterocycles. The normalized spacial score (nSPS) is 17.8. The van der Waals surface area contributed by atoms with Crippen molar-refractivity contribution in [2.75, 3.05) is 6.54 Å². The minimum Gasteiger partial charge on any atom is -0.448 e. The molecule has 1 fully saturated rings. The van der Waals surface area contributed by atoms with E-state index in [1.54, 1.807) is 12.1 Å². The number of hydrogen-bond donors (Lipinski definition) is 1. The summed E-state index contributed by atoms with van der Waals surface area (Å²) in [7, 11) is 0. The van der Waals surface area contributed by atoms with Crippen LogP contribution in [0, 0.1) is 0 Å². The third-order valence-electron chi connectivity index (χ3n) is 4.41. The molecule has 0 spiro atoms. The van der Waals surface area contributed by atoms with Crippen LogP contribution in [0.3, 0.4) is 0 Å². The van der Waals surface area contributed by atoms with Crippen molar-refractivity contribution >= 4 is 33.4 Å². The zero-order valence-corrected chi connectivity index (χ0v) is 14.3. The van der Waals surface area contributed by atoms with Gasteiger partial charge >= 0.3 is 0 Å². The van der Waals surface area contributed by atoms with Crippen molar-refractivity contribution in [3.63, 3.8) is 0 Å². The topological polar surface area (TPSA) is 89.4 Å². The summed E-state index contributed by atoms with van der Waals surface area (Å²) in [6, 6.07) is 10.7. The molecular formula is C18H17N3O3S. The molecule has 3 heterocycles. The highest BCUT2D eigenvalue weighted by atomic mass is 32.1. The van der Waals surface area contributed by atoms with Gasteiger partial charge in [-0.25, -0.2) is 4.98 Å². The molecule has 1 atom stereocenters. The van der Waals surface area contributed by atoms with Crippen LogP contribution in [0.1, 0.15) is 29.8 Å². The van der Waals surface area contributed by atoms with Gasteiger partial charge in [0, 0.05) is 6.54 Å². The Morgan fingerprint density at radius 1 is 1.20 bits per heavy atom. The first-order valence-electron chi connectivity index (χ1n) is 8.19. The van der Waals surface area contributed by atoms with Crippen LogP contribution in [0.4, 0.5) is 0 Å². The third kappa shape index (κ3) is 2.91. The summed E-state index contributed by atoms with van der Waals surface area (Å²) in [5, 5.41) is 0.727. The van der Waals surface area contributed by atoms with Crippen molar-refractivity contribution in [3.05, 3.63) is 42.2 Å². The largest absolute Gasteiger partial charge is 0.448 e. The highest BCUT2D eigenvalue weighted by Gasteiger charge is 2.32. The molecule has 0 bridgehead atoms. The highest BCUT2D eigenvalue weighted by molar-refractivity contribution is 7.21. The van der Waals surface area contributed by atoms with Crippen molar-refractivity contribution < 1.29 is 14.0 Å².